The lowest BCUT2D eigenvalue weighted by atomic mass is 10.0. The molecule has 0 spiro atoms. The Morgan fingerprint density at radius 1 is 0.357 bits per heavy atom. The molecule has 0 amide bonds. The summed E-state index contributed by atoms with van der Waals surface area (Å²) in [5, 5.41) is 1.62. The van der Waals surface area contributed by atoms with Crippen molar-refractivity contribution in [2.75, 3.05) is 0 Å². The van der Waals surface area contributed by atoms with Gasteiger partial charge < -0.3 is 4.57 Å². The fourth-order valence-electron chi connectivity index (χ4n) is 7.73. The average molecular weight is 722 g/mol. The maximum Gasteiger partial charge on any atom is 0.238 e. The van der Waals surface area contributed by atoms with Crippen LogP contribution in [0.4, 0.5) is 0 Å². The molecule has 3 aromatic heterocycles. The van der Waals surface area contributed by atoms with E-state index in [4.69, 9.17) is 17.7 Å². The lowest BCUT2D eigenvalue weighted by molar-refractivity contribution is 0.953. The molecule has 0 fully saturated rings. The van der Waals surface area contributed by atoms with Crippen molar-refractivity contribution < 1.29 is 8.22 Å². The average Bonchev–Trinajstić information content (AvgIpc) is 3.83. The minimum Gasteiger partial charge on any atom is -0.307 e. The van der Waals surface area contributed by atoms with Crippen molar-refractivity contribution in [2.24, 2.45) is 0 Å². The van der Waals surface area contributed by atoms with Crippen molar-refractivity contribution in [1.82, 2.24) is 24.1 Å². The second-order valence-electron chi connectivity index (χ2n) is 13.6. The van der Waals surface area contributed by atoms with Crippen molar-refractivity contribution in [3.8, 4) is 56.7 Å². The zero-order chi connectivity index (χ0) is 42.2. The Morgan fingerprint density at radius 2 is 0.839 bits per heavy atom. The summed E-state index contributed by atoms with van der Waals surface area (Å²) in [4.78, 5) is 15.4. The number of hydrogen-bond donors (Lipinski definition) is 0. The van der Waals surface area contributed by atoms with Gasteiger partial charge >= 0.3 is 0 Å². The predicted molar refractivity (Wildman–Crippen MR) is 230 cm³/mol. The molecule has 56 heavy (non-hydrogen) atoms. The van der Waals surface area contributed by atoms with Crippen LogP contribution in [0.15, 0.2) is 200 Å². The number of rotatable bonds is 6. The molecule has 0 unspecified atom stereocenters. The fourth-order valence-corrected chi connectivity index (χ4v) is 7.73. The van der Waals surface area contributed by atoms with E-state index in [1.54, 1.807) is 16.7 Å². The number of para-hydroxylation sites is 2. The van der Waals surface area contributed by atoms with E-state index in [0.717, 1.165) is 33.4 Å². The molecule has 3 heterocycles. The third-order valence-electron chi connectivity index (χ3n) is 10.3. The molecule has 0 aliphatic heterocycles. The Labute approximate surface area is 331 Å². The van der Waals surface area contributed by atoms with E-state index in [2.05, 4.69) is 0 Å². The van der Waals surface area contributed by atoms with Gasteiger partial charge in [0.15, 0.2) is 11.6 Å². The van der Waals surface area contributed by atoms with E-state index in [1.807, 2.05) is 144 Å². The Hall–Kier alpha value is -7.63. The molecular formula is C51H33N5. The highest BCUT2D eigenvalue weighted by Gasteiger charge is 2.23. The summed E-state index contributed by atoms with van der Waals surface area (Å²) in [6, 6.07) is 51.9. The Morgan fingerprint density at radius 3 is 1.46 bits per heavy atom. The van der Waals surface area contributed by atoms with Crippen LogP contribution in [0.25, 0.3) is 100 Å². The molecule has 8 aromatic carbocycles. The molecule has 5 heteroatoms. The van der Waals surface area contributed by atoms with Crippen LogP contribution in [0.3, 0.4) is 0 Å². The summed E-state index contributed by atoms with van der Waals surface area (Å²) >= 11 is 0. The van der Waals surface area contributed by atoms with Crippen molar-refractivity contribution in [2.45, 2.75) is 0 Å². The van der Waals surface area contributed by atoms with Gasteiger partial charge in [0.05, 0.1) is 30.3 Å². The van der Waals surface area contributed by atoms with Crippen LogP contribution in [-0.4, -0.2) is 24.1 Å². The monoisotopic (exact) mass is 721 g/mol. The molecule has 11 aromatic rings. The lowest BCUT2D eigenvalue weighted by Crippen LogP contribution is -2.07. The first-order chi connectivity index (χ1) is 30.2. The van der Waals surface area contributed by atoms with E-state index >= 15 is 0 Å². The molecule has 0 aliphatic carbocycles. The fraction of sp³-hybridized carbons (Fsp3) is 0. The van der Waals surface area contributed by atoms with Crippen molar-refractivity contribution in [1.29, 1.82) is 0 Å². The number of hydrogen-bond acceptors (Lipinski definition) is 3. The van der Waals surface area contributed by atoms with E-state index in [1.165, 1.54) is 12.1 Å². The van der Waals surface area contributed by atoms with Gasteiger partial charge in [0, 0.05) is 38.4 Å². The van der Waals surface area contributed by atoms with E-state index in [9.17, 15) is 5.48 Å². The number of benzene rings is 8. The molecular weight excluding hydrogens is 683 g/mol. The van der Waals surface area contributed by atoms with Crippen molar-refractivity contribution in [3.63, 3.8) is 0 Å². The molecule has 0 aliphatic rings. The quantitative estimate of drug-likeness (QED) is 0.172. The Bertz CT molecular complexity index is 3590. The summed E-state index contributed by atoms with van der Waals surface area (Å²) in [6.45, 7) is 0. The number of nitrogens with zero attached hydrogens (tertiary/aromatic N) is 5. The first kappa shape index (κ1) is 26.2. The van der Waals surface area contributed by atoms with Gasteiger partial charge in [-0.15, -0.1) is 0 Å². The summed E-state index contributed by atoms with van der Waals surface area (Å²) in [7, 11) is 0. The lowest BCUT2D eigenvalue weighted by Gasteiger charge is -2.14. The van der Waals surface area contributed by atoms with Crippen LogP contribution in [0.2, 0.25) is 0 Å². The zero-order valence-corrected chi connectivity index (χ0v) is 29.8. The second kappa shape index (κ2) is 13.0. The van der Waals surface area contributed by atoms with Gasteiger partial charge in [-0.1, -0.05) is 170 Å². The largest absolute Gasteiger partial charge is 0.307 e. The molecule has 0 bridgehead atoms. The van der Waals surface area contributed by atoms with Crippen LogP contribution >= 0.6 is 0 Å². The van der Waals surface area contributed by atoms with E-state index in [0.29, 0.717) is 60.9 Å². The molecule has 262 valence electrons. The maximum atomic E-state index is 9.69. The summed E-state index contributed by atoms with van der Waals surface area (Å²) in [5.74, 6) is 0.941. The van der Waals surface area contributed by atoms with Gasteiger partial charge in [0.1, 0.15) is 0 Å². The van der Waals surface area contributed by atoms with Gasteiger partial charge in [0.2, 0.25) is 5.95 Å². The van der Waals surface area contributed by atoms with Crippen LogP contribution < -0.4 is 0 Å². The molecule has 0 N–H and O–H groups in total. The smallest absolute Gasteiger partial charge is 0.238 e. The van der Waals surface area contributed by atoms with Gasteiger partial charge in [-0.2, -0.15) is 9.97 Å². The summed E-state index contributed by atoms with van der Waals surface area (Å²) in [5.41, 5.74) is 7.83. The molecule has 11 rings (SSSR count). The first-order valence-electron chi connectivity index (χ1n) is 21.4. The third kappa shape index (κ3) is 5.21. The van der Waals surface area contributed by atoms with Crippen LogP contribution in [-0.2, 0) is 0 Å². The summed E-state index contributed by atoms with van der Waals surface area (Å²) < 4.78 is 59.3. The Kier molecular flexibility index (Phi) is 6.10. The van der Waals surface area contributed by atoms with Crippen molar-refractivity contribution >= 4 is 43.6 Å². The molecule has 0 saturated carbocycles. The third-order valence-corrected chi connectivity index (χ3v) is 10.3. The number of aromatic nitrogens is 5. The SMILES string of the molecule is [2H]c1cc([2H])c2c(c1)c1c([2H])c([2H])c3c4cc([2H])cc([2H])c4n(-c4nc(-c5ccccc5)nc(-c5cccc(-c6ccccc6)c5)n4)c3c1n2-c1cccc(-c2ccccc2)c1. The van der Waals surface area contributed by atoms with Crippen LogP contribution in [0, 0.1) is 0 Å². The minimum absolute atomic E-state index is 0.0143. The van der Waals surface area contributed by atoms with E-state index < -0.39 is 0 Å². The highest BCUT2D eigenvalue weighted by atomic mass is 15.2. The van der Waals surface area contributed by atoms with Gasteiger partial charge in [-0.3, -0.25) is 4.57 Å². The molecule has 0 atom stereocenters. The topological polar surface area (TPSA) is 48.5 Å². The first-order valence-corrected chi connectivity index (χ1v) is 18.4. The van der Waals surface area contributed by atoms with Gasteiger partial charge in [0.25, 0.3) is 0 Å². The predicted octanol–water partition coefficient (Wildman–Crippen LogP) is 12.7. The Balaban J connectivity index is 1.32. The van der Waals surface area contributed by atoms with Crippen molar-refractivity contribution in [3.05, 3.63) is 200 Å². The highest BCUT2D eigenvalue weighted by molar-refractivity contribution is 6.23. The molecule has 0 radical (unpaired) electrons. The zero-order valence-electron chi connectivity index (χ0n) is 35.8. The normalized spacial score (nSPS) is 13.1. The summed E-state index contributed by atoms with van der Waals surface area (Å²) in [6.07, 6.45) is 0. The maximum absolute atomic E-state index is 9.69. The van der Waals surface area contributed by atoms with Gasteiger partial charge in [-0.05, 0) is 52.5 Å². The van der Waals surface area contributed by atoms with E-state index in [-0.39, 0.29) is 42.2 Å². The standard InChI is InChI=1S/C51H33N5/c1-4-16-34(17-5-1)37-22-14-24-39(32-37)50-52-49(36-20-8-3-9-21-36)53-51(54-50)56-46-29-13-11-27-42(46)44-31-30-43-41-26-10-12-28-45(41)55(47(43)48(44)56)40-25-15-23-38(33-40)35-18-6-2-7-19-35/h1-33H/i10D,11D,28D,29D,30D,31D. The molecule has 0 saturated heterocycles. The minimum atomic E-state index is -0.117. The molecule has 5 nitrogen and oxygen atoms in total. The van der Waals surface area contributed by atoms with Gasteiger partial charge in [-0.25, -0.2) is 4.98 Å². The van der Waals surface area contributed by atoms with Crippen LogP contribution in [0.1, 0.15) is 8.22 Å². The highest BCUT2D eigenvalue weighted by Crippen LogP contribution is 2.42. The van der Waals surface area contributed by atoms with Crippen LogP contribution in [0.5, 0.6) is 0 Å². The number of fused-ring (bicyclic) bond motifs is 7. The second-order valence-corrected chi connectivity index (χ2v) is 13.6.